The van der Waals surface area contributed by atoms with Crippen LogP contribution in [0.1, 0.15) is 31.2 Å². The Morgan fingerprint density at radius 3 is 1.91 bits per heavy atom. The lowest BCUT2D eigenvalue weighted by atomic mass is 10.0. The highest BCUT2D eigenvalue weighted by Crippen LogP contribution is 2.40. The van der Waals surface area contributed by atoms with E-state index >= 15 is 0 Å². The molecule has 0 saturated carbocycles. The first-order valence-electron chi connectivity index (χ1n) is 14.7. The first kappa shape index (κ1) is 31.1. The number of aromatic nitrogens is 3. The number of fused-ring (bicyclic) bond motifs is 3. The Morgan fingerprint density at radius 2 is 1.36 bits per heavy atom. The number of hydrogen-bond donors (Lipinski definition) is 0. The molecule has 232 valence electrons. The van der Waals surface area contributed by atoms with Gasteiger partial charge in [-0.15, -0.1) is 10.2 Å². The van der Waals surface area contributed by atoms with Gasteiger partial charge in [-0.05, 0) is 86.5 Å². The Morgan fingerprint density at radius 1 is 0.778 bits per heavy atom. The lowest BCUT2D eigenvalue weighted by Gasteiger charge is -2.35. The van der Waals surface area contributed by atoms with Crippen molar-refractivity contribution in [3.8, 4) is 34.0 Å². The summed E-state index contributed by atoms with van der Waals surface area (Å²) in [4.78, 5) is 36.4. The second-order valence-corrected chi connectivity index (χ2v) is 11.0. The molecule has 1 atom stereocenters. The van der Waals surface area contributed by atoms with Crippen molar-refractivity contribution in [3.63, 3.8) is 0 Å². The molecule has 45 heavy (non-hydrogen) atoms. The zero-order chi connectivity index (χ0) is 32.2. The van der Waals surface area contributed by atoms with Crippen LogP contribution in [0.2, 0.25) is 0 Å². The fraction of sp³-hybridized carbons (Fsp3) is 0.294. The number of aliphatic imine (C=N–C) groups is 1. The van der Waals surface area contributed by atoms with Crippen LogP contribution in [0.5, 0.6) is 11.5 Å². The molecule has 2 amide bonds. The number of nitrogens with zero attached hydrogens (tertiary/aromatic N) is 7. The van der Waals surface area contributed by atoms with E-state index in [1.165, 1.54) is 10.0 Å². The average Bonchev–Trinajstić information content (AvgIpc) is 3.30. The molecule has 1 aromatic heterocycles. The second kappa shape index (κ2) is 13.1. The predicted molar refractivity (Wildman–Crippen MR) is 173 cm³/mol. The molecule has 6 rings (SSSR count). The summed E-state index contributed by atoms with van der Waals surface area (Å²) in [6.45, 7) is 5.77. The second-order valence-electron chi connectivity index (χ2n) is 11.0. The van der Waals surface area contributed by atoms with E-state index in [4.69, 9.17) is 9.47 Å². The molecular formula is C34H37N7O4. The van der Waals surface area contributed by atoms with Crippen LogP contribution in [0.15, 0.2) is 71.7 Å². The summed E-state index contributed by atoms with van der Waals surface area (Å²) in [5.41, 5.74) is 5.87. The van der Waals surface area contributed by atoms with Crippen LogP contribution >= 0.6 is 0 Å². The van der Waals surface area contributed by atoms with Gasteiger partial charge in [0.2, 0.25) is 5.96 Å². The molecule has 1 unspecified atom stereocenters. The molecule has 1 fully saturated rings. The number of ether oxygens (including phenoxy) is 2. The number of benzene rings is 3. The number of hydrogen-bond acceptors (Lipinski definition) is 9. The van der Waals surface area contributed by atoms with E-state index in [2.05, 4.69) is 20.2 Å². The lowest BCUT2D eigenvalue weighted by Crippen LogP contribution is -2.52. The Hall–Kier alpha value is -5.32. The zero-order valence-corrected chi connectivity index (χ0v) is 26.6. The molecule has 0 bridgehead atoms. The fourth-order valence-corrected chi connectivity index (χ4v) is 5.19. The van der Waals surface area contributed by atoms with Crippen LogP contribution in [-0.2, 0) is 9.59 Å². The number of rotatable bonds is 6. The molecule has 2 aliphatic rings. The van der Waals surface area contributed by atoms with Crippen molar-refractivity contribution in [2.24, 2.45) is 10.9 Å². The summed E-state index contributed by atoms with van der Waals surface area (Å²) in [7, 11) is 6.93. The van der Waals surface area contributed by atoms with Crippen LogP contribution < -0.4 is 14.5 Å². The third-order valence-corrected chi connectivity index (χ3v) is 7.48. The molecule has 11 nitrogen and oxygen atoms in total. The van der Waals surface area contributed by atoms with Gasteiger partial charge in [0, 0.05) is 25.2 Å². The third kappa shape index (κ3) is 6.19. The molecular weight excluding hydrogens is 570 g/mol. The van der Waals surface area contributed by atoms with Crippen molar-refractivity contribution >= 4 is 29.1 Å². The van der Waals surface area contributed by atoms with Crippen molar-refractivity contribution in [3.05, 3.63) is 78.1 Å². The van der Waals surface area contributed by atoms with Gasteiger partial charge < -0.3 is 14.4 Å². The largest absolute Gasteiger partial charge is 0.497 e. The van der Waals surface area contributed by atoms with Crippen molar-refractivity contribution in [1.29, 1.82) is 0 Å². The molecule has 0 N–H and O–H groups in total. The van der Waals surface area contributed by atoms with Gasteiger partial charge in [-0.25, -0.2) is 15.0 Å². The van der Waals surface area contributed by atoms with Crippen molar-refractivity contribution < 1.29 is 19.1 Å². The van der Waals surface area contributed by atoms with Gasteiger partial charge in [0.15, 0.2) is 0 Å². The number of carbonyl (C=O) groups excluding carboxylic acids is 2. The molecule has 3 heterocycles. The van der Waals surface area contributed by atoms with E-state index in [1.54, 1.807) is 19.1 Å². The normalized spacial score (nSPS) is 15.1. The van der Waals surface area contributed by atoms with Gasteiger partial charge >= 0.3 is 0 Å². The van der Waals surface area contributed by atoms with Crippen LogP contribution in [0.25, 0.3) is 22.5 Å². The smallest absolute Gasteiger partial charge is 0.261 e. The SMILES string of the molecule is CCCC1C(=O)N2C(N(C)C)=Nc3ccc(C)cc3N2C1=O.COc1ccc(-c2nnc(C)nc2-c2ccc(OC)cc2)cc1. The highest BCUT2D eigenvalue weighted by molar-refractivity contribution is 6.22. The maximum absolute atomic E-state index is 12.8. The van der Waals surface area contributed by atoms with Crippen LogP contribution in [-0.4, -0.2) is 71.2 Å². The fourth-order valence-electron chi connectivity index (χ4n) is 5.19. The molecule has 0 radical (unpaired) electrons. The van der Waals surface area contributed by atoms with Gasteiger partial charge in [-0.2, -0.15) is 5.01 Å². The van der Waals surface area contributed by atoms with E-state index in [-0.39, 0.29) is 11.8 Å². The van der Waals surface area contributed by atoms with Gasteiger partial charge in [-0.3, -0.25) is 9.59 Å². The number of hydrazine groups is 1. The van der Waals surface area contributed by atoms with Crippen molar-refractivity contribution in [2.45, 2.75) is 33.6 Å². The summed E-state index contributed by atoms with van der Waals surface area (Å²) in [6.07, 6.45) is 1.35. The highest BCUT2D eigenvalue weighted by atomic mass is 16.5. The van der Waals surface area contributed by atoms with Gasteiger partial charge in [0.05, 0.1) is 25.6 Å². The minimum absolute atomic E-state index is 0.159. The van der Waals surface area contributed by atoms with Gasteiger partial charge in [0.1, 0.15) is 34.6 Å². The maximum atomic E-state index is 12.8. The van der Waals surface area contributed by atoms with Gasteiger partial charge in [-0.1, -0.05) is 19.4 Å². The van der Waals surface area contributed by atoms with E-state index in [9.17, 15) is 9.59 Å². The average molecular weight is 608 g/mol. The highest BCUT2D eigenvalue weighted by Gasteiger charge is 2.50. The Labute approximate surface area is 263 Å². The lowest BCUT2D eigenvalue weighted by molar-refractivity contribution is -0.130. The Balaban J connectivity index is 0.000000178. The van der Waals surface area contributed by atoms with E-state index in [1.807, 2.05) is 102 Å². The molecule has 3 aromatic carbocycles. The Bertz CT molecular complexity index is 1740. The van der Waals surface area contributed by atoms with E-state index < -0.39 is 5.92 Å². The summed E-state index contributed by atoms with van der Waals surface area (Å²) in [6, 6.07) is 21.2. The number of aryl methyl sites for hydroxylation is 2. The quantitative estimate of drug-likeness (QED) is 0.261. The van der Waals surface area contributed by atoms with Crippen LogP contribution in [0.4, 0.5) is 11.4 Å². The molecule has 11 heteroatoms. The zero-order valence-electron chi connectivity index (χ0n) is 26.6. The first-order valence-corrected chi connectivity index (χ1v) is 14.7. The number of amides is 2. The predicted octanol–water partition coefficient (Wildman–Crippen LogP) is 5.60. The van der Waals surface area contributed by atoms with Gasteiger partial charge in [0.25, 0.3) is 11.8 Å². The number of anilines is 1. The maximum Gasteiger partial charge on any atom is 0.261 e. The van der Waals surface area contributed by atoms with E-state index in [0.29, 0.717) is 29.6 Å². The number of methoxy groups -OCH3 is 2. The van der Waals surface area contributed by atoms with Crippen molar-refractivity contribution in [1.82, 2.24) is 25.1 Å². The van der Waals surface area contributed by atoms with Crippen LogP contribution in [0.3, 0.4) is 0 Å². The summed E-state index contributed by atoms with van der Waals surface area (Å²) >= 11 is 0. The first-order chi connectivity index (χ1) is 21.7. The molecule has 4 aromatic rings. The molecule has 1 saturated heterocycles. The number of carbonyl (C=O) groups is 2. The minimum Gasteiger partial charge on any atom is -0.497 e. The number of guanidine groups is 1. The summed E-state index contributed by atoms with van der Waals surface area (Å²) < 4.78 is 10.4. The van der Waals surface area contributed by atoms with Crippen molar-refractivity contribution in [2.75, 3.05) is 33.3 Å². The Kier molecular flexibility index (Phi) is 9.08. The molecule has 0 spiro atoms. The summed E-state index contributed by atoms with van der Waals surface area (Å²) in [5.74, 6) is 1.76. The standard InChI is InChI=1S/C18H17N3O2.C16H20N4O2/c1-12-19-17(13-4-8-15(22-2)9-5-13)18(21-20-12)14-6-10-16(23-3)11-7-14;1-5-6-11-14(21)19-13-9-10(2)7-8-12(13)17-16(18(3)4)20(19)15(11)22/h4-11H,1-3H3;7-9,11H,5-6H2,1-4H3. The topological polar surface area (TPSA) is 113 Å². The minimum atomic E-state index is -0.610. The van der Waals surface area contributed by atoms with E-state index in [0.717, 1.165) is 46.0 Å². The van der Waals surface area contributed by atoms with Crippen LogP contribution in [0, 0.1) is 19.8 Å². The third-order valence-electron chi connectivity index (χ3n) is 7.48. The summed E-state index contributed by atoms with van der Waals surface area (Å²) in [5, 5.41) is 11.4. The molecule has 2 aliphatic heterocycles. The monoisotopic (exact) mass is 607 g/mol. The molecule has 0 aliphatic carbocycles.